The number of aromatic nitrogens is 2. The van der Waals surface area contributed by atoms with Crippen molar-refractivity contribution < 1.29 is 16.8 Å². The number of hydrogen-bond donors (Lipinski definition) is 0. The molecule has 0 aliphatic rings. The summed E-state index contributed by atoms with van der Waals surface area (Å²) in [6.45, 7) is 5.34. The number of hydrogen-bond acceptors (Lipinski definition) is 6. The Morgan fingerprint density at radius 3 is 2.21 bits per heavy atom. The molecule has 6 nitrogen and oxygen atoms in total. The Morgan fingerprint density at radius 1 is 1.16 bits per heavy atom. The molecule has 0 aliphatic carbocycles. The Hall–Kier alpha value is -0.730. The van der Waals surface area contributed by atoms with Crippen LogP contribution in [0.4, 0.5) is 0 Å². The monoisotopic (exact) mass is 326 g/mol. The molecule has 0 radical (unpaired) electrons. The predicted molar refractivity (Wildman–Crippen MR) is 72.6 cm³/mol. The molecule has 108 valence electrons. The molecule has 0 atom stereocenters. The average Bonchev–Trinajstić information content (AvgIpc) is 2.25. The maximum atomic E-state index is 12.0. The van der Waals surface area contributed by atoms with Crippen molar-refractivity contribution in [1.82, 2.24) is 9.97 Å². The molecule has 0 unspecified atom stereocenters. The lowest BCUT2D eigenvalue weighted by Gasteiger charge is -2.08. The molecule has 1 aromatic rings. The van der Waals surface area contributed by atoms with Crippen LogP contribution >= 0.6 is 10.7 Å². The average molecular weight is 327 g/mol. The first kappa shape index (κ1) is 16.3. The summed E-state index contributed by atoms with van der Waals surface area (Å²) in [5.74, 6) is -0.845. The third kappa shape index (κ3) is 5.04. The summed E-state index contributed by atoms with van der Waals surface area (Å²) in [5.41, 5.74) is 0.519. The molecule has 19 heavy (non-hydrogen) atoms. The standard InChI is InChI=1S/C10H15ClN2O4S2/c1-7(2)10-12-8(3)6-9(13-10)18(14,15)4-5-19(11,16)17/h6-7H,4-5H2,1-3H3. The molecule has 0 spiro atoms. The van der Waals surface area contributed by atoms with Crippen molar-refractivity contribution in [2.75, 3.05) is 11.5 Å². The van der Waals surface area contributed by atoms with Crippen LogP contribution in [0.1, 0.15) is 31.3 Å². The third-order valence-corrected chi connectivity index (χ3v) is 5.28. The Balaban J connectivity index is 3.14. The highest BCUT2D eigenvalue weighted by atomic mass is 35.7. The number of rotatable bonds is 5. The highest BCUT2D eigenvalue weighted by Gasteiger charge is 2.21. The van der Waals surface area contributed by atoms with Gasteiger partial charge in [0.25, 0.3) is 0 Å². The van der Waals surface area contributed by atoms with Gasteiger partial charge >= 0.3 is 0 Å². The molecular weight excluding hydrogens is 312 g/mol. The molecule has 0 amide bonds. The van der Waals surface area contributed by atoms with E-state index in [9.17, 15) is 16.8 Å². The second-order valence-electron chi connectivity index (χ2n) is 4.42. The number of sulfone groups is 1. The van der Waals surface area contributed by atoms with Crippen LogP contribution in [0.5, 0.6) is 0 Å². The van der Waals surface area contributed by atoms with E-state index in [1.807, 2.05) is 13.8 Å². The molecule has 0 bridgehead atoms. The van der Waals surface area contributed by atoms with Crippen LogP contribution < -0.4 is 0 Å². The van der Waals surface area contributed by atoms with Gasteiger partial charge in [0.05, 0.1) is 11.5 Å². The van der Waals surface area contributed by atoms with Crippen molar-refractivity contribution in [3.63, 3.8) is 0 Å². The van der Waals surface area contributed by atoms with Crippen LogP contribution in [0, 0.1) is 6.92 Å². The van der Waals surface area contributed by atoms with Gasteiger partial charge in [0.2, 0.25) is 9.05 Å². The van der Waals surface area contributed by atoms with Gasteiger partial charge in [0, 0.05) is 22.3 Å². The summed E-state index contributed by atoms with van der Waals surface area (Å²) < 4.78 is 45.6. The van der Waals surface area contributed by atoms with Gasteiger partial charge < -0.3 is 0 Å². The second kappa shape index (κ2) is 5.72. The Morgan fingerprint density at radius 2 is 1.74 bits per heavy atom. The van der Waals surface area contributed by atoms with E-state index in [1.165, 1.54) is 6.07 Å². The molecule has 1 heterocycles. The van der Waals surface area contributed by atoms with Gasteiger partial charge in [0.15, 0.2) is 14.9 Å². The Labute approximate surface area is 117 Å². The van der Waals surface area contributed by atoms with E-state index in [-0.39, 0.29) is 10.9 Å². The molecule has 0 saturated heterocycles. The summed E-state index contributed by atoms with van der Waals surface area (Å²) in [6.07, 6.45) is 0. The molecule has 1 aromatic heterocycles. The van der Waals surface area contributed by atoms with Gasteiger partial charge in [-0.2, -0.15) is 0 Å². The Kier molecular flexibility index (Phi) is 4.91. The second-order valence-corrected chi connectivity index (χ2v) is 9.37. The highest BCUT2D eigenvalue weighted by molar-refractivity contribution is 8.14. The number of nitrogens with zero attached hydrogens (tertiary/aromatic N) is 2. The SMILES string of the molecule is Cc1cc(S(=O)(=O)CCS(=O)(=O)Cl)nc(C(C)C)n1. The summed E-state index contributed by atoms with van der Waals surface area (Å²) in [4.78, 5) is 8.10. The minimum absolute atomic E-state index is 0.0226. The van der Waals surface area contributed by atoms with E-state index in [4.69, 9.17) is 10.7 Å². The Bertz CT molecular complexity index is 669. The van der Waals surface area contributed by atoms with Crippen LogP contribution in [0.25, 0.3) is 0 Å². The first-order chi connectivity index (χ1) is 8.51. The largest absolute Gasteiger partial charge is 0.238 e. The molecule has 0 fully saturated rings. The van der Waals surface area contributed by atoms with Crippen LogP contribution in [0.3, 0.4) is 0 Å². The fourth-order valence-electron chi connectivity index (χ4n) is 1.29. The maximum absolute atomic E-state index is 12.0. The molecular formula is C10H15ClN2O4S2. The van der Waals surface area contributed by atoms with E-state index in [1.54, 1.807) is 6.92 Å². The van der Waals surface area contributed by atoms with Crippen LogP contribution in [-0.4, -0.2) is 38.3 Å². The molecule has 0 saturated carbocycles. The van der Waals surface area contributed by atoms with Gasteiger partial charge in [-0.15, -0.1) is 0 Å². The molecule has 1 rings (SSSR count). The van der Waals surface area contributed by atoms with Crippen molar-refractivity contribution >= 4 is 29.6 Å². The van der Waals surface area contributed by atoms with Gasteiger partial charge in [-0.3, -0.25) is 0 Å². The fourth-order valence-corrected chi connectivity index (χ4v) is 4.33. The van der Waals surface area contributed by atoms with E-state index < -0.39 is 30.4 Å². The zero-order valence-electron chi connectivity index (χ0n) is 10.8. The summed E-state index contributed by atoms with van der Waals surface area (Å²) in [5, 5.41) is -0.163. The van der Waals surface area contributed by atoms with Crippen molar-refractivity contribution in [3.8, 4) is 0 Å². The summed E-state index contributed by atoms with van der Waals surface area (Å²) >= 11 is 0. The zero-order chi connectivity index (χ0) is 14.8. The topological polar surface area (TPSA) is 94.1 Å². The highest BCUT2D eigenvalue weighted by Crippen LogP contribution is 2.15. The van der Waals surface area contributed by atoms with Gasteiger partial charge in [-0.1, -0.05) is 13.8 Å². The minimum Gasteiger partial charge on any atom is -0.238 e. The van der Waals surface area contributed by atoms with Crippen molar-refractivity contribution in [2.24, 2.45) is 0 Å². The predicted octanol–water partition coefficient (Wildman–Crippen LogP) is 1.25. The van der Waals surface area contributed by atoms with Crippen molar-refractivity contribution in [2.45, 2.75) is 31.7 Å². The van der Waals surface area contributed by atoms with Crippen molar-refractivity contribution in [1.29, 1.82) is 0 Å². The first-order valence-corrected chi connectivity index (χ1v) is 9.65. The number of halogens is 1. The van der Waals surface area contributed by atoms with Crippen LogP contribution in [-0.2, 0) is 18.9 Å². The lowest BCUT2D eigenvalue weighted by Crippen LogP contribution is -2.17. The van der Waals surface area contributed by atoms with E-state index >= 15 is 0 Å². The smallest absolute Gasteiger partial charge is 0.233 e. The van der Waals surface area contributed by atoms with Crippen LogP contribution in [0.2, 0.25) is 0 Å². The van der Waals surface area contributed by atoms with Crippen molar-refractivity contribution in [3.05, 3.63) is 17.6 Å². The number of aryl methyl sites for hydroxylation is 1. The van der Waals surface area contributed by atoms with E-state index in [2.05, 4.69) is 9.97 Å². The molecule has 0 aromatic carbocycles. The maximum Gasteiger partial charge on any atom is 0.233 e. The molecule has 0 N–H and O–H groups in total. The summed E-state index contributed by atoms with van der Waals surface area (Å²) in [7, 11) is -2.62. The van der Waals surface area contributed by atoms with Gasteiger partial charge in [-0.05, 0) is 13.0 Å². The lowest BCUT2D eigenvalue weighted by molar-refractivity contribution is 0.587. The van der Waals surface area contributed by atoms with E-state index in [0.29, 0.717) is 11.5 Å². The fraction of sp³-hybridized carbons (Fsp3) is 0.600. The first-order valence-electron chi connectivity index (χ1n) is 5.52. The molecule has 0 aliphatic heterocycles. The van der Waals surface area contributed by atoms with E-state index in [0.717, 1.165) is 0 Å². The minimum atomic E-state index is -3.85. The zero-order valence-corrected chi connectivity index (χ0v) is 13.2. The normalized spacial score (nSPS) is 12.9. The third-order valence-electron chi connectivity index (χ3n) is 2.28. The van der Waals surface area contributed by atoms with Gasteiger partial charge in [0.1, 0.15) is 5.82 Å². The molecule has 9 heteroatoms. The van der Waals surface area contributed by atoms with Crippen LogP contribution in [0.15, 0.2) is 11.1 Å². The lowest BCUT2D eigenvalue weighted by atomic mass is 10.2. The van der Waals surface area contributed by atoms with Gasteiger partial charge in [-0.25, -0.2) is 26.8 Å². The quantitative estimate of drug-likeness (QED) is 0.597. The summed E-state index contributed by atoms with van der Waals surface area (Å²) in [6, 6.07) is 1.32.